The number of hydrogen-bond donors (Lipinski definition) is 1. The molecule has 1 N–H and O–H groups in total. The van der Waals surface area contributed by atoms with Gasteiger partial charge in [-0.2, -0.15) is 4.40 Å². The summed E-state index contributed by atoms with van der Waals surface area (Å²) in [5.74, 6) is -3.83. The lowest BCUT2D eigenvalue weighted by Crippen LogP contribution is -2.37. The van der Waals surface area contributed by atoms with Gasteiger partial charge in [0.15, 0.2) is 5.78 Å². The molecular weight excluding hydrogens is 1410 g/mol. The van der Waals surface area contributed by atoms with Gasteiger partial charge in [0.1, 0.15) is 91.1 Å². The van der Waals surface area contributed by atoms with Crippen molar-refractivity contribution >= 4 is 97.6 Å². The van der Waals surface area contributed by atoms with E-state index in [4.69, 9.17) is 34.8 Å². The molecule has 538 valence electrons. The molecule has 0 aliphatic carbocycles. The molecule has 3 aliphatic rings. The van der Waals surface area contributed by atoms with Gasteiger partial charge in [-0.25, -0.2) is 65.1 Å². The largest absolute Gasteiger partial charge is 0.346 e. The van der Waals surface area contributed by atoms with Gasteiger partial charge in [0.05, 0.1) is 37.6 Å². The lowest BCUT2D eigenvalue weighted by atomic mass is 10.0. The fourth-order valence-electron chi connectivity index (χ4n) is 9.55. The number of Topliss-reactive ketones (excluding diaryl/α,β-unsaturated/α-hetero) is 1. The molecule has 5 aromatic carbocycles. The third-order valence-corrected chi connectivity index (χ3v) is 20.7. The van der Waals surface area contributed by atoms with Crippen LogP contribution in [-0.2, 0) is 37.8 Å². The third kappa shape index (κ3) is 29.1. The third-order valence-electron chi connectivity index (χ3n) is 14.6. The maximum atomic E-state index is 13.9. The van der Waals surface area contributed by atoms with Crippen LogP contribution in [0.5, 0.6) is 0 Å². The minimum absolute atomic E-state index is 0. The molecule has 1 amide bonds. The van der Waals surface area contributed by atoms with E-state index in [0.717, 1.165) is 112 Å². The summed E-state index contributed by atoms with van der Waals surface area (Å²) < 4.78 is 176. The van der Waals surface area contributed by atoms with Crippen LogP contribution in [0.25, 0.3) is 0 Å². The first-order valence-electron chi connectivity index (χ1n) is 31.3. The lowest BCUT2D eigenvalue weighted by molar-refractivity contribution is -0.129. The highest BCUT2D eigenvalue weighted by molar-refractivity contribution is 7.85. The van der Waals surface area contributed by atoms with Gasteiger partial charge in [-0.05, 0) is 231 Å². The van der Waals surface area contributed by atoms with E-state index in [1.54, 1.807) is 41.3 Å². The predicted octanol–water partition coefficient (Wildman–Crippen LogP) is 18.8. The van der Waals surface area contributed by atoms with Crippen LogP contribution < -0.4 is 5.32 Å². The zero-order chi connectivity index (χ0) is 71.5. The van der Waals surface area contributed by atoms with Crippen LogP contribution in [-0.4, -0.2) is 109 Å². The first-order valence-corrected chi connectivity index (χ1v) is 36.2. The van der Waals surface area contributed by atoms with E-state index in [2.05, 4.69) is 9.71 Å². The molecule has 0 radical (unpaired) electrons. The van der Waals surface area contributed by atoms with E-state index in [1.807, 2.05) is 48.5 Å². The van der Waals surface area contributed by atoms with Gasteiger partial charge >= 0.3 is 0 Å². The second kappa shape index (κ2) is 42.7. The van der Waals surface area contributed by atoms with Crippen LogP contribution in [0.4, 0.5) is 43.9 Å². The van der Waals surface area contributed by atoms with Gasteiger partial charge in [-0.15, -0.1) is 47.2 Å². The van der Waals surface area contributed by atoms with Gasteiger partial charge in [0.25, 0.3) is 0 Å². The van der Waals surface area contributed by atoms with Crippen molar-refractivity contribution < 1.29 is 66.1 Å². The summed E-state index contributed by atoms with van der Waals surface area (Å²) in [5.41, 5.74) is 1.22. The normalized spacial score (nSPS) is 17.5. The molecule has 3 fully saturated rings. The molecule has 6 atom stereocenters. The van der Waals surface area contributed by atoms with Crippen molar-refractivity contribution in [2.24, 2.45) is 4.40 Å². The molecule has 3 saturated heterocycles. The van der Waals surface area contributed by atoms with Crippen LogP contribution in [0, 0.1) is 58.2 Å². The minimum Gasteiger partial charge on any atom is -0.346 e. The number of nitrogens with one attached hydrogen (secondary N) is 1. The molecule has 27 heteroatoms. The number of carbonyl (C=O) groups is 2. The number of benzene rings is 5. The maximum Gasteiger partial charge on any atom is 0.222 e. The molecule has 8 rings (SSSR count). The van der Waals surface area contributed by atoms with E-state index in [-0.39, 0.29) is 71.3 Å². The van der Waals surface area contributed by atoms with Gasteiger partial charge in [0, 0.05) is 85.5 Å². The average Bonchev–Trinajstić information content (AvgIpc) is 1.59. The second-order valence-electron chi connectivity index (χ2n) is 25.3. The first-order chi connectivity index (χ1) is 44.5. The Morgan fingerprint density at radius 1 is 0.521 bits per heavy atom. The monoisotopic (exact) mass is 1500 g/mol. The lowest BCUT2D eigenvalue weighted by Gasteiger charge is -2.30. The van der Waals surface area contributed by atoms with Crippen molar-refractivity contribution in [3.63, 3.8) is 0 Å². The molecule has 0 aromatic heterocycles. The van der Waals surface area contributed by atoms with E-state index >= 15 is 0 Å². The Morgan fingerprint density at radius 2 is 0.896 bits per heavy atom. The summed E-state index contributed by atoms with van der Waals surface area (Å²) in [4.78, 5) is 24.0. The highest BCUT2D eigenvalue weighted by Gasteiger charge is 2.38. The number of hydrogen-bond acceptors (Lipinski definition) is 6. The van der Waals surface area contributed by atoms with Crippen molar-refractivity contribution in [1.29, 1.82) is 0 Å². The Balaban J connectivity index is 0.000000397. The summed E-state index contributed by atoms with van der Waals surface area (Å²) in [6, 6.07) is 15.9. The Bertz CT molecular complexity index is 3280. The number of amides is 1. The predicted molar refractivity (Wildman–Crippen MR) is 374 cm³/mol. The molecule has 96 heavy (non-hydrogen) atoms. The topological polar surface area (TPSA) is 119 Å². The molecule has 3 aliphatic heterocycles. The fourth-order valence-corrected chi connectivity index (χ4v) is 13.5. The smallest absolute Gasteiger partial charge is 0.222 e. The van der Waals surface area contributed by atoms with Gasteiger partial charge in [-0.3, -0.25) is 9.59 Å². The van der Waals surface area contributed by atoms with Gasteiger partial charge in [0.2, 0.25) is 5.91 Å². The number of ketones is 1. The Labute approximate surface area is 589 Å². The standard InChI is InChI=1S/C14H18ClF2NOS.2C14H19F2NOS.C10H9ClF2O.C10H11F2N.C7H14ClNO.ClH/c1-14(2,3)20(19)18-13(5-4-8-15)11-9-10(16)6-7-12(11)17;2*1-14(2,3)19(18)17-8-4-5-13(17)11-9-10(15)6-7-12(11)16;11-5-1-2-10(14)8-6-7(12)3-4-9(8)13;11-7-3-4-9(12)8(6-7)10-2-1-5-13-10;1-3-9(2)7(10)5-4-6-8;/h6-7,9H,4-5,8H2,1-3H3;2*6-7,9,13H,4-5,8H2,1-3H3;3-4,6H,1-2,5H2;3-4,6,10,13H,1-2,5H2;3-6H2,1-2H3;1H/t20-;2*13-,19?;;10-;;/m010.1../s1. The SMILES string of the molecule is CC(C)(C)S(=O)N1CCC[C@@H]1c1cc(F)ccc1F.CC(C)(C)S(=O)N1CCC[C@H]1c1cc(F)ccc1F.CC(C)(C)[S@](=O)N=C(CCCCl)c1cc(F)ccc1F.CCN(C)C(=O)CCCCl.Cl.Fc1ccc(F)c([C@H]2CCCN2)c1.O=C(CCCCl)c1cc(F)ccc1F. The van der Waals surface area contributed by atoms with Crippen molar-refractivity contribution in [3.8, 4) is 0 Å². The molecule has 0 bridgehead atoms. The number of rotatable bonds is 18. The molecule has 10 nitrogen and oxygen atoms in total. The Kier molecular flexibility index (Phi) is 39.1. The van der Waals surface area contributed by atoms with E-state index in [1.165, 1.54) is 24.3 Å². The quantitative estimate of drug-likeness (QED) is 0.0404. The van der Waals surface area contributed by atoms with Crippen LogP contribution in [0.15, 0.2) is 95.4 Å². The number of carbonyl (C=O) groups excluding carboxylic acids is 2. The van der Waals surface area contributed by atoms with Crippen molar-refractivity contribution in [2.75, 3.05) is 50.9 Å². The zero-order valence-electron chi connectivity index (χ0n) is 56.2. The van der Waals surface area contributed by atoms with E-state index in [9.17, 15) is 66.1 Å². The number of halogens is 14. The molecule has 5 aromatic rings. The molecular formula is C69H91Cl4F10N5O5S3. The molecule has 3 heterocycles. The molecule has 0 saturated carbocycles. The van der Waals surface area contributed by atoms with E-state index < -0.39 is 99.5 Å². The first kappa shape index (κ1) is 87.8. The van der Waals surface area contributed by atoms with Crippen LogP contribution >= 0.6 is 47.2 Å². The Morgan fingerprint density at radius 3 is 1.29 bits per heavy atom. The fraction of sp³-hybridized carbons (Fsp3) is 0.522. The summed E-state index contributed by atoms with van der Waals surface area (Å²) in [6.45, 7) is 21.6. The number of nitrogens with zero attached hydrogens (tertiary/aromatic N) is 4. The van der Waals surface area contributed by atoms with Gasteiger partial charge in [-0.1, -0.05) is 0 Å². The van der Waals surface area contributed by atoms with Crippen LogP contribution in [0.1, 0.15) is 197 Å². The maximum absolute atomic E-state index is 13.9. The summed E-state index contributed by atoms with van der Waals surface area (Å²) >= 11 is 16.4. The van der Waals surface area contributed by atoms with Gasteiger partial charge < -0.3 is 10.2 Å². The summed E-state index contributed by atoms with van der Waals surface area (Å²) in [7, 11) is -2.16. The van der Waals surface area contributed by atoms with Crippen LogP contribution in [0.2, 0.25) is 0 Å². The molecule has 0 spiro atoms. The van der Waals surface area contributed by atoms with Crippen LogP contribution in [0.3, 0.4) is 0 Å². The molecule has 2 unspecified atom stereocenters. The van der Waals surface area contributed by atoms with Crippen molar-refractivity contribution in [3.05, 3.63) is 177 Å². The highest BCUT2D eigenvalue weighted by atomic mass is 35.5. The minimum atomic E-state index is -1.53. The highest BCUT2D eigenvalue weighted by Crippen LogP contribution is 2.39. The average molecular weight is 1500 g/mol. The summed E-state index contributed by atoms with van der Waals surface area (Å²) in [6.07, 6.45) is 7.92. The second-order valence-corrected chi connectivity index (χ2v) is 32.7. The Hall–Kier alpha value is -4.30. The summed E-state index contributed by atoms with van der Waals surface area (Å²) in [5, 5.41) is 3.13. The van der Waals surface area contributed by atoms with E-state index in [0.29, 0.717) is 85.9 Å². The van der Waals surface area contributed by atoms with Crippen molar-refractivity contribution in [1.82, 2.24) is 18.8 Å². The number of alkyl halides is 3. The zero-order valence-corrected chi connectivity index (χ0v) is 61.7. The van der Waals surface area contributed by atoms with Crippen molar-refractivity contribution in [2.45, 2.75) is 179 Å².